The van der Waals surface area contributed by atoms with Gasteiger partial charge in [0.1, 0.15) is 18.3 Å². The third-order valence-corrected chi connectivity index (χ3v) is 4.08. The minimum Gasteiger partial charge on any atom is -0.361 e. The van der Waals surface area contributed by atoms with Gasteiger partial charge in [0.25, 0.3) is 0 Å². The van der Waals surface area contributed by atoms with Gasteiger partial charge >= 0.3 is 0 Å². The molecule has 2 fully saturated rings. The van der Waals surface area contributed by atoms with Crippen LogP contribution in [0.25, 0.3) is 0 Å². The van der Waals surface area contributed by atoms with E-state index in [0.717, 1.165) is 0 Å². The van der Waals surface area contributed by atoms with Gasteiger partial charge in [-0.3, -0.25) is 14.9 Å². The van der Waals surface area contributed by atoms with Crippen LogP contribution < -0.4 is 15.5 Å². The fraction of sp³-hybridized carbons (Fsp3) is 0.500. The minimum atomic E-state index is -0.457. The maximum Gasteiger partial charge on any atom is 0.221 e. The first kappa shape index (κ1) is 15.9. The van der Waals surface area contributed by atoms with E-state index in [2.05, 4.69) is 10.6 Å². The molecular formula is C16H20FN3O3. The van der Waals surface area contributed by atoms with Gasteiger partial charge in [-0.05, 0) is 17.7 Å². The highest BCUT2D eigenvalue weighted by molar-refractivity contribution is 5.87. The Morgan fingerprint density at radius 1 is 1.52 bits per heavy atom. The number of carbonyl (C=O) groups excluding carboxylic acids is 2. The van der Waals surface area contributed by atoms with Gasteiger partial charge in [-0.25, -0.2) is 4.39 Å². The summed E-state index contributed by atoms with van der Waals surface area (Å²) in [5.74, 6) is -0.329. The largest absolute Gasteiger partial charge is 0.361 e. The number of nitrogens with one attached hydrogen (secondary N) is 2. The van der Waals surface area contributed by atoms with Gasteiger partial charge in [-0.1, -0.05) is 13.0 Å². The molecule has 2 N–H and O–H groups in total. The van der Waals surface area contributed by atoms with Gasteiger partial charge in [0.15, 0.2) is 5.78 Å². The molecule has 2 aliphatic rings. The average molecular weight is 321 g/mol. The Morgan fingerprint density at radius 2 is 2.35 bits per heavy atom. The van der Waals surface area contributed by atoms with Gasteiger partial charge in [-0.2, -0.15) is 0 Å². The van der Waals surface area contributed by atoms with Crippen LogP contribution in [0, 0.1) is 5.82 Å². The van der Waals surface area contributed by atoms with Crippen LogP contribution in [0.4, 0.5) is 10.1 Å². The van der Waals surface area contributed by atoms with E-state index in [-0.39, 0.29) is 24.1 Å². The molecule has 23 heavy (non-hydrogen) atoms. The SMILES string of the molecule is CCC(=O)NC1CNC(c2ccc(N3CCC(=O)C3)c(F)c2)O1. The highest BCUT2D eigenvalue weighted by Gasteiger charge is 2.28. The first-order valence-electron chi connectivity index (χ1n) is 7.81. The Labute approximate surface area is 134 Å². The maximum absolute atomic E-state index is 14.3. The second kappa shape index (κ2) is 6.64. The molecule has 0 aliphatic carbocycles. The van der Waals surface area contributed by atoms with Gasteiger partial charge in [-0.15, -0.1) is 0 Å². The van der Waals surface area contributed by atoms with E-state index < -0.39 is 12.5 Å². The fourth-order valence-electron chi connectivity index (χ4n) is 2.82. The quantitative estimate of drug-likeness (QED) is 0.868. The van der Waals surface area contributed by atoms with Crippen LogP contribution in [0.15, 0.2) is 18.2 Å². The molecule has 2 saturated heterocycles. The Morgan fingerprint density at radius 3 is 3.00 bits per heavy atom. The highest BCUT2D eigenvalue weighted by atomic mass is 19.1. The van der Waals surface area contributed by atoms with Gasteiger partial charge in [0.05, 0.1) is 12.2 Å². The van der Waals surface area contributed by atoms with E-state index in [4.69, 9.17) is 4.74 Å². The zero-order valence-corrected chi connectivity index (χ0v) is 13.0. The van der Waals surface area contributed by atoms with E-state index in [1.54, 1.807) is 24.0 Å². The zero-order chi connectivity index (χ0) is 16.4. The molecule has 0 bridgehead atoms. The van der Waals surface area contributed by atoms with Crippen molar-refractivity contribution in [2.24, 2.45) is 0 Å². The molecule has 124 valence electrons. The molecule has 7 heteroatoms. The summed E-state index contributed by atoms with van der Waals surface area (Å²) in [4.78, 5) is 24.5. The molecule has 0 spiro atoms. The standard InChI is InChI=1S/C16H20FN3O3/c1-2-14(22)19-15-8-18-16(23-15)10-3-4-13(12(17)7-10)20-6-5-11(21)9-20/h3-4,7,15-16,18H,2,5-6,8-9H2,1H3,(H,19,22). The molecule has 0 saturated carbocycles. The van der Waals surface area contributed by atoms with E-state index >= 15 is 0 Å². The van der Waals surface area contributed by atoms with Crippen LogP contribution in [-0.4, -0.2) is 37.6 Å². The van der Waals surface area contributed by atoms with Crippen molar-refractivity contribution in [1.29, 1.82) is 0 Å². The number of hydrogen-bond acceptors (Lipinski definition) is 5. The molecule has 3 rings (SSSR count). The summed E-state index contributed by atoms with van der Waals surface area (Å²) in [7, 11) is 0. The summed E-state index contributed by atoms with van der Waals surface area (Å²) in [6, 6.07) is 4.87. The number of ether oxygens (including phenoxy) is 1. The predicted octanol–water partition coefficient (Wildman–Crippen LogP) is 1.08. The molecule has 6 nitrogen and oxygen atoms in total. The normalized spacial score (nSPS) is 24.3. The zero-order valence-electron chi connectivity index (χ0n) is 13.0. The Hall–Kier alpha value is -1.99. The predicted molar refractivity (Wildman–Crippen MR) is 82.3 cm³/mol. The third-order valence-electron chi connectivity index (χ3n) is 4.08. The van der Waals surface area contributed by atoms with E-state index in [1.807, 2.05) is 0 Å². The van der Waals surface area contributed by atoms with Crippen LogP contribution in [0.2, 0.25) is 0 Å². The summed E-state index contributed by atoms with van der Waals surface area (Å²) in [6.45, 7) is 3.06. The first-order chi connectivity index (χ1) is 11.1. The number of anilines is 1. The Kier molecular flexibility index (Phi) is 4.58. The molecule has 0 aromatic heterocycles. The monoisotopic (exact) mass is 321 g/mol. The van der Waals surface area contributed by atoms with Crippen molar-refractivity contribution < 1.29 is 18.7 Å². The van der Waals surface area contributed by atoms with Crippen LogP contribution in [0.3, 0.4) is 0 Å². The lowest BCUT2D eigenvalue weighted by Crippen LogP contribution is -2.36. The van der Waals surface area contributed by atoms with Crippen LogP contribution in [0.1, 0.15) is 31.6 Å². The van der Waals surface area contributed by atoms with Gasteiger partial charge < -0.3 is 15.0 Å². The second-order valence-electron chi connectivity index (χ2n) is 5.76. The lowest BCUT2D eigenvalue weighted by atomic mass is 10.1. The molecule has 2 heterocycles. The molecular weight excluding hydrogens is 301 g/mol. The lowest BCUT2D eigenvalue weighted by Gasteiger charge is -2.19. The number of halogens is 1. The number of benzene rings is 1. The number of carbonyl (C=O) groups is 2. The Bertz CT molecular complexity index is 623. The second-order valence-corrected chi connectivity index (χ2v) is 5.76. The van der Waals surface area contributed by atoms with E-state index in [1.165, 1.54) is 6.07 Å². The van der Waals surface area contributed by atoms with Gasteiger partial charge in [0.2, 0.25) is 5.91 Å². The van der Waals surface area contributed by atoms with Crippen LogP contribution in [-0.2, 0) is 14.3 Å². The van der Waals surface area contributed by atoms with Crippen LogP contribution >= 0.6 is 0 Å². The van der Waals surface area contributed by atoms with E-state index in [0.29, 0.717) is 37.2 Å². The van der Waals surface area contributed by atoms with Crippen molar-refractivity contribution in [3.63, 3.8) is 0 Å². The van der Waals surface area contributed by atoms with Crippen molar-refractivity contribution in [3.05, 3.63) is 29.6 Å². The minimum absolute atomic E-state index is 0.0855. The molecule has 2 atom stereocenters. The third kappa shape index (κ3) is 3.51. The lowest BCUT2D eigenvalue weighted by molar-refractivity contribution is -0.124. The number of ketones is 1. The average Bonchev–Trinajstić information content (AvgIpc) is 3.16. The summed E-state index contributed by atoms with van der Waals surface area (Å²) >= 11 is 0. The number of amides is 1. The topological polar surface area (TPSA) is 70.7 Å². The molecule has 0 radical (unpaired) electrons. The molecule has 1 aromatic carbocycles. The molecule has 1 amide bonds. The molecule has 2 unspecified atom stereocenters. The van der Waals surface area contributed by atoms with Gasteiger partial charge in [0, 0.05) is 25.9 Å². The van der Waals surface area contributed by atoms with Crippen molar-refractivity contribution in [1.82, 2.24) is 10.6 Å². The van der Waals surface area contributed by atoms with Crippen molar-refractivity contribution in [3.8, 4) is 0 Å². The molecule has 2 aliphatic heterocycles. The number of hydrogen-bond donors (Lipinski definition) is 2. The summed E-state index contributed by atoms with van der Waals surface area (Å²) in [6.07, 6.45) is -0.0114. The number of nitrogens with zero attached hydrogens (tertiary/aromatic N) is 1. The summed E-state index contributed by atoms with van der Waals surface area (Å²) in [5.41, 5.74) is 1.10. The number of rotatable bonds is 4. The van der Waals surface area contributed by atoms with Crippen LogP contribution in [0.5, 0.6) is 0 Å². The summed E-state index contributed by atoms with van der Waals surface area (Å²) < 4.78 is 20.0. The summed E-state index contributed by atoms with van der Waals surface area (Å²) in [5, 5.41) is 5.85. The Balaban J connectivity index is 1.66. The van der Waals surface area contributed by atoms with E-state index in [9.17, 15) is 14.0 Å². The highest BCUT2D eigenvalue weighted by Crippen LogP contribution is 2.27. The molecule has 1 aromatic rings. The fourth-order valence-corrected chi connectivity index (χ4v) is 2.82. The van der Waals surface area contributed by atoms with Crippen molar-refractivity contribution in [2.75, 3.05) is 24.5 Å². The first-order valence-corrected chi connectivity index (χ1v) is 7.81. The van der Waals surface area contributed by atoms with Crippen molar-refractivity contribution >= 4 is 17.4 Å². The maximum atomic E-state index is 14.3. The smallest absolute Gasteiger partial charge is 0.221 e. The van der Waals surface area contributed by atoms with Crippen molar-refractivity contribution in [2.45, 2.75) is 32.2 Å². The number of Topliss-reactive ketones (excluding diaryl/α,β-unsaturated/α-hetero) is 1.